The van der Waals surface area contributed by atoms with Gasteiger partial charge in [-0.05, 0) is 49.3 Å². The second-order valence-corrected chi connectivity index (χ2v) is 8.63. The maximum Gasteiger partial charge on any atom is 0.303 e. The minimum atomic E-state index is -0.787. The van der Waals surface area contributed by atoms with Crippen molar-refractivity contribution in [1.82, 2.24) is 4.57 Å². The Morgan fingerprint density at radius 2 is 2.03 bits per heavy atom. The lowest BCUT2D eigenvalue weighted by Crippen LogP contribution is -2.19. The van der Waals surface area contributed by atoms with Crippen molar-refractivity contribution in [3.8, 4) is 5.88 Å². The van der Waals surface area contributed by atoms with Crippen LogP contribution in [0.3, 0.4) is 0 Å². The summed E-state index contributed by atoms with van der Waals surface area (Å²) in [4.78, 5) is 15.8. The summed E-state index contributed by atoms with van der Waals surface area (Å²) in [5.74, 6) is -0.678. The van der Waals surface area contributed by atoms with Gasteiger partial charge in [0, 0.05) is 24.3 Å². The second kappa shape index (κ2) is 8.81. The van der Waals surface area contributed by atoms with Crippen LogP contribution < -0.4 is 21.4 Å². The average molecular weight is 441 g/mol. The predicted molar refractivity (Wildman–Crippen MR) is 118 cm³/mol. The summed E-state index contributed by atoms with van der Waals surface area (Å²) in [6, 6.07) is 11.6. The van der Waals surface area contributed by atoms with Crippen molar-refractivity contribution in [2.24, 2.45) is 4.99 Å². The third-order valence-corrected chi connectivity index (χ3v) is 6.17. The molecule has 154 valence electrons. The van der Waals surface area contributed by atoms with Crippen LogP contribution in [-0.2, 0) is 11.3 Å². The molecule has 3 aromatic rings. The van der Waals surface area contributed by atoms with Crippen molar-refractivity contribution in [2.75, 3.05) is 0 Å². The van der Waals surface area contributed by atoms with Crippen LogP contribution in [0.1, 0.15) is 30.6 Å². The van der Waals surface area contributed by atoms with E-state index in [4.69, 9.17) is 21.7 Å². The van der Waals surface area contributed by atoms with Gasteiger partial charge < -0.3 is 14.6 Å². The van der Waals surface area contributed by atoms with Crippen LogP contribution in [0.4, 0.5) is 0 Å². The van der Waals surface area contributed by atoms with Crippen LogP contribution in [-0.4, -0.2) is 20.7 Å². The summed E-state index contributed by atoms with van der Waals surface area (Å²) >= 11 is 6.70. The molecule has 0 fully saturated rings. The van der Waals surface area contributed by atoms with Gasteiger partial charge in [-0.15, -0.1) is 11.3 Å². The number of carboxylic acid groups (broad SMARTS) is 1. The van der Waals surface area contributed by atoms with E-state index in [0.717, 1.165) is 29.1 Å². The molecule has 0 saturated heterocycles. The molecule has 0 atom stereocenters. The minimum Gasteiger partial charge on any atom is -0.493 e. The quantitative estimate of drug-likeness (QED) is 0.435. The molecule has 0 radical (unpaired) electrons. The van der Waals surface area contributed by atoms with Crippen LogP contribution in [0.25, 0.3) is 17.8 Å². The summed E-state index contributed by atoms with van der Waals surface area (Å²) in [5, 5.41) is 21.2. The maximum absolute atomic E-state index is 10.6. The zero-order valence-electron chi connectivity index (χ0n) is 16.1. The number of furan rings is 1. The zero-order valence-corrected chi connectivity index (χ0v) is 17.7. The lowest BCUT2D eigenvalue weighted by molar-refractivity contribution is -0.137. The van der Waals surface area contributed by atoms with Gasteiger partial charge in [-0.25, -0.2) is 4.99 Å². The van der Waals surface area contributed by atoms with Crippen LogP contribution in [0, 0.1) is 3.95 Å². The van der Waals surface area contributed by atoms with E-state index in [2.05, 4.69) is 4.99 Å². The summed E-state index contributed by atoms with van der Waals surface area (Å²) in [7, 11) is 0. The Morgan fingerprint density at radius 1 is 1.20 bits per heavy atom. The number of para-hydroxylation sites is 1. The number of unbranched alkanes of at least 4 members (excludes halogenated alkanes) is 2. The van der Waals surface area contributed by atoms with Crippen molar-refractivity contribution >= 4 is 47.4 Å². The summed E-state index contributed by atoms with van der Waals surface area (Å²) in [5.41, 5.74) is 2.04. The first kappa shape index (κ1) is 20.3. The number of carboxylic acids is 1. The van der Waals surface area contributed by atoms with Crippen molar-refractivity contribution in [3.63, 3.8) is 0 Å². The first-order valence-corrected chi connectivity index (χ1v) is 10.9. The smallest absolute Gasteiger partial charge is 0.303 e. The first-order chi connectivity index (χ1) is 14.5. The van der Waals surface area contributed by atoms with E-state index in [9.17, 15) is 9.90 Å². The normalized spacial score (nSPS) is 15.0. The Morgan fingerprint density at radius 3 is 2.83 bits per heavy atom. The van der Waals surface area contributed by atoms with Gasteiger partial charge in [0.2, 0.25) is 5.88 Å². The van der Waals surface area contributed by atoms with Gasteiger partial charge in [-0.3, -0.25) is 9.36 Å². The maximum atomic E-state index is 10.6. The van der Waals surface area contributed by atoms with Gasteiger partial charge in [0.25, 0.3) is 0 Å². The summed E-state index contributed by atoms with van der Waals surface area (Å²) in [6.07, 6.45) is 6.06. The number of aromatic nitrogens is 1. The number of aliphatic carboxylic acids is 1. The van der Waals surface area contributed by atoms with Gasteiger partial charge in [0.1, 0.15) is 11.1 Å². The molecule has 1 aliphatic heterocycles. The molecule has 3 heterocycles. The van der Waals surface area contributed by atoms with Gasteiger partial charge in [0.05, 0.1) is 10.2 Å². The highest BCUT2D eigenvalue weighted by Gasteiger charge is 2.10. The molecule has 2 aromatic heterocycles. The number of thiazole rings is 1. The van der Waals surface area contributed by atoms with E-state index in [-0.39, 0.29) is 12.3 Å². The number of fused-ring (bicyclic) bond motifs is 1. The standard InChI is InChI=1S/C22H20N2O4S2/c25-20(26)8-2-1-5-11-24-21(27)19(30-22(24)29)13-15-9-10-18(28-15)17-12-14-6-3-4-7-16(14)23-17/h3-4,6-7,9-10,12-13,27H,1-2,5,8,11H2,(H,25,26)/b15-13-,18-17+. The van der Waals surface area contributed by atoms with E-state index in [0.29, 0.717) is 32.6 Å². The molecule has 0 amide bonds. The van der Waals surface area contributed by atoms with E-state index in [1.165, 1.54) is 11.3 Å². The zero-order chi connectivity index (χ0) is 21.1. The number of hydrogen-bond acceptors (Lipinski definition) is 6. The molecule has 4 rings (SSSR count). The van der Waals surface area contributed by atoms with Crippen LogP contribution >= 0.6 is 23.6 Å². The SMILES string of the molecule is O=C(O)CCCCCn1c(O)c(/C=c2/cc/c(=C3/C=c4ccccc4=N3)o2)sc1=S. The molecular weight excluding hydrogens is 420 g/mol. The Hall–Kier alpha value is -2.97. The fourth-order valence-corrected chi connectivity index (χ4v) is 4.57. The van der Waals surface area contributed by atoms with Crippen LogP contribution in [0.5, 0.6) is 5.88 Å². The monoisotopic (exact) mass is 440 g/mol. The van der Waals surface area contributed by atoms with Crippen LogP contribution in [0.15, 0.2) is 45.8 Å². The third-order valence-electron chi connectivity index (χ3n) is 4.79. The van der Waals surface area contributed by atoms with E-state index >= 15 is 0 Å². The van der Waals surface area contributed by atoms with Gasteiger partial charge in [0.15, 0.2) is 9.37 Å². The number of carbonyl (C=O) groups is 1. The second-order valence-electron chi connectivity index (χ2n) is 6.96. The summed E-state index contributed by atoms with van der Waals surface area (Å²) in [6.45, 7) is 0.558. The van der Waals surface area contributed by atoms with E-state index < -0.39 is 5.97 Å². The van der Waals surface area contributed by atoms with Gasteiger partial charge >= 0.3 is 5.97 Å². The van der Waals surface area contributed by atoms with Crippen molar-refractivity contribution < 1.29 is 19.4 Å². The fraction of sp³-hybridized carbons (Fsp3) is 0.227. The highest BCUT2D eigenvalue weighted by Crippen LogP contribution is 2.27. The minimum absolute atomic E-state index is 0.110. The summed E-state index contributed by atoms with van der Waals surface area (Å²) < 4.78 is 8.18. The molecule has 6 nitrogen and oxygen atoms in total. The Balaban J connectivity index is 1.55. The van der Waals surface area contributed by atoms with E-state index in [1.807, 2.05) is 42.5 Å². The lowest BCUT2D eigenvalue weighted by atomic mass is 10.2. The molecule has 8 heteroatoms. The van der Waals surface area contributed by atoms with Crippen molar-refractivity contribution in [3.05, 3.63) is 66.6 Å². The highest BCUT2D eigenvalue weighted by molar-refractivity contribution is 7.73. The number of aromatic hydroxyl groups is 1. The topological polar surface area (TPSA) is 88.0 Å². The molecule has 0 bridgehead atoms. The lowest BCUT2D eigenvalue weighted by Gasteiger charge is -2.04. The number of nitrogens with zero attached hydrogens (tertiary/aromatic N) is 2. The van der Waals surface area contributed by atoms with Crippen molar-refractivity contribution in [2.45, 2.75) is 32.2 Å². The molecule has 2 N–H and O–H groups in total. The first-order valence-electron chi connectivity index (χ1n) is 9.63. The molecule has 1 aliphatic rings. The highest BCUT2D eigenvalue weighted by atomic mass is 32.1. The fourth-order valence-electron chi connectivity index (χ4n) is 3.27. The number of rotatable bonds is 7. The molecule has 1 aromatic carbocycles. The predicted octanol–water partition coefficient (Wildman–Crippen LogP) is 2.27. The average Bonchev–Trinajstić information content (AvgIpc) is 3.41. The molecule has 0 saturated carbocycles. The molecule has 30 heavy (non-hydrogen) atoms. The third kappa shape index (κ3) is 4.44. The van der Waals surface area contributed by atoms with Gasteiger partial charge in [-0.1, -0.05) is 24.6 Å². The number of benzene rings is 1. The van der Waals surface area contributed by atoms with Gasteiger partial charge in [-0.2, -0.15) is 0 Å². The Kier molecular flexibility index (Phi) is 5.96. The molecular formula is C22H20N2O4S2. The van der Waals surface area contributed by atoms with E-state index in [1.54, 1.807) is 10.6 Å². The molecule has 0 aliphatic carbocycles. The van der Waals surface area contributed by atoms with Crippen LogP contribution in [0.2, 0.25) is 0 Å². The number of hydrogen-bond donors (Lipinski definition) is 2. The Bertz CT molecular complexity index is 1360. The largest absolute Gasteiger partial charge is 0.493 e. The molecule has 0 unspecified atom stereocenters. The molecule has 0 spiro atoms. The van der Waals surface area contributed by atoms with Crippen molar-refractivity contribution in [1.29, 1.82) is 0 Å². The Labute approximate surface area is 181 Å².